The van der Waals surface area contributed by atoms with Crippen molar-refractivity contribution >= 4 is 12.0 Å². The first kappa shape index (κ1) is 17.8. The summed E-state index contributed by atoms with van der Waals surface area (Å²) < 4.78 is 10.5. The maximum Gasteiger partial charge on any atom is 0.246 e. The first-order valence-corrected chi connectivity index (χ1v) is 9.14. The molecule has 0 spiro atoms. The van der Waals surface area contributed by atoms with Crippen LogP contribution < -0.4 is 9.47 Å². The number of rotatable bonds is 5. The van der Waals surface area contributed by atoms with Gasteiger partial charge in [-0.25, -0.2) is 0 Å². The minimum absolute atomic E-state index is 0.0882. The predicted molar refractivity (Wildman–Crippen MR) is 99.0 cm³/mol. The lowest BCUT2D eigenvalue weighted by molar-refractivity contribution is -0.125. The summed E-state index contributed by atoms with van der Waals surface area (Å²) in [6.07, 6.45) is 8.59. The lowest BCUT2D eigenvalue weighted by Gasteiger charge is -2.36. The highest BCUT2D eigenvalue weighted by Crippen LogP contribution is 2.28. The van der Waals surface area contributed by atoms with Gasteiger partial charge in [0.05, 0.1) is 14.2 Å². The molecule has 0 aromatic heterocycles. The van der Waals surface area contributed by atoms with E-state index in [0.717, 1.165) is 44.2 Å². The zero-order chi connectivity index (χ0) is 17.6. The highest BCUT2D eigenvalue weighted by molar-refractivity contribution is 5.91. The lowest BCUT2D eigenvalue weighted by Crippen LogP contribution is -2.42. The van der Waals surface area contributed by atoms with E-state index in [4.69, 9.17) is 9.47 Å². The van der Waals surface area contributed by atoms with Gasteiger partial charge in [0, 0.05) is 38.3 Å². The molecule has 5 heteroatoms. The van der Waals surface area contributed by atoms with E-state index in [9.17, 15) is 4.79 Å². The standard InChI is InChI=1S/C20H28N2O3/c1-24-18-9-7-16(15-19(18)25-2)8-10-20(23)22-12-4-11-21(13-14-22)17-5-3-6-17/h7-10,15,17H,3-6,11-14H2,1-2H3/b10-8+. The molecule has 1 saturated heterocycles. The van der Waals surface area contributed by atoms with Crippen LogP contribution in [0.4, 0.5) is 0 Å². The Morgan fingerprint density at radius 3 is 2.52 bits per heavy atom. The van der Waals surface area contributed by atoms with Crippen LogP contribution in [0.3, 0.4) is 0 Å². The zero-order valence-electron chi connectivity index (χ0n) is 15.2. The molecule has 25 heavy (non-hydrogen) atoms. The summed E-state index contributed by atoms with van der Waals surface area (Å²) in [5, 5.41) is 0. The minimum Gasteiger partial charge on any atom is -0.493 e. The summed E-state index contributed by atoms with van der Waals surface area (Å²) in [5.41, 5.74) is 0.928. The minimum atomic E-state index is 0.0882. The smallest absolute Gasteiger partial charge is 0.246 e. The largest absolute Gasteiger partial charge is 0.493 e. The number of carbonyl (C=O) groups is 1. The summed E-state index contributed by atoms with van der Waals surface area (Å²) in [4.78, 5) is 17.1. The quantitative estimate of drug-likeness (QED) is 0.771. The van der Waals surface area contributed by atoms with E-state index in [1.54, 1.807) is 20.3 Å². The van der Waals surface area contributed by atoms with Crippen molar-refractivity contribution in [2.24, 2.45) is 0 Å². The summed E-state index contributed by atoms with van der Waals surface area (Å²) in [5.74, 6) is 1.45. The van der Waals surface area contributed by atoms with Crippen molar-refractivity contribution in [2.45, 2.75) is 31.7 Å². The summed E-state index contributed by atoms with van der Waals surface area (Å²) in [7, 11) is 3.23. The number of nitrogens with zero attached hydrogens (tertiary/aromatic N) is 2. The molecule has 0 N–H and O–H groups in total. The zero-order valence-corrected chi connectivity index (χ0v) is 15.2. The first-order chi connectivity index (χ1) is 12.2. The molecular formula is C20H28N2O3. The number of carbonyl (C=O) groups excluding carboxylic acids is 1. The highest BCUT2D eigenvalue weighted by Gasteiger charge is 2.27. The Morgan fingerprint density at radius 2 is 1.84 bits per heavy atom. The van der Waals surface area contributed by atoms with Gasteiger partial charge in [0.15, 0.2) is 11.5 Å². The Kier molecular flexibility index (Phi) is 5.97. The molecule has 1 aliphatic carbocycles. The summed E-state index contributed by atoms with van der Waals surface area (Å²) in [6.45, 7) is 3.79. The van der Waals surface area contributed by atoms with Crippen LogP contribution in [-0.2, 0) is 4.79 Å². The van der Waals surface area contributed by atoms with E-state index in [1.165, 1.54) is 19.3 Å². The Morgan fingerprint density at radius 1 is 1.04 bits per heavy atom. The van der Waals surface area contributed by atoms with E-state index >= 15 is 0 Å². The second-order valence-electron chi connectivity index (χ2n) is 6.75. The average molecular weight is 344 g/mol. The normalized spacial score (nSPS) is 19.5. The molecule has 1 aromatic rings. The second-order valence-corrected chi connectivity index (χ2v) is 6.75. The van der Waals surface area contributed by atoms with Crippen LogP contribution in [-0.4, -0.2) is 62.1 Å². The van der Waals surface area contributed by atoms with Gasteiger partial charge in [0.1, 0.15) is 0 Å². The SMILES string of the molecule is COc1ccc(/C=C/C(=O)N2CCCN(C3CCC3)CC2)cc1OC. The van der Waals surface area contributed by atoms with Gasteiger partial charge in [0.2, 0.25) is 5.91 Å². The van der Waals surface area contributed by atoms with Crippen LogP contribution in [0.5, 0.6) is 11.5 Å². The van der Waals surface area contributed by atoms with E-state index in [2.05, 4.69) is 4.90 Å². The Bertz CT molecular complexity index is 625. The van der Waals surface area contributed by atoms with Gasteiger partial charge < -0.3 is 14.4 Å². The molecule has 2 fully saturated rings. The van der Waals surface area contributed by atoms with E-state index in [-0.39, 0.29) is 5.91 Å². The molecule has 0 unspecified atom stereocenters. The summed E-state index contributed by atoms with van der Waals surface area (Å²) in [6, 6.07) is 6.41. The lowest BCUT2D eigenvalue weighted by atomic mass is 9.91. The fourth-order valence-corrected chi connectivity index (χ4v) is 3.50. The van der Waals surface area contributed by atoms with Gasteiger partial charge >= 0.3 is 0 Å². The van der Waals surface area contributed by atoms with Crippen molar-refractivity contribution in [1.82, 2.24) is 9.80 Å². The molecule has 1 heterocycles. The van der Waals surface area contributed by atoms with Crippen LogP contribution in [0.1, 0.15) is 31.2 Å². The third-order valence-corrected chi connectivity index (χ3v) is 5.26. The number of benzene rings is 1. The maximum atomic E-state index is 12.5. The summed E-state index contributed by atoms with van der Waals surface area (Å²) >= 11 is 0. The first-order valence-electron chi connectivity index (χ1n) is 9.14. The van der Waals surface area contributed by atoms with Crippen molar-refractivity contribution in [3.05, 3.63) is 29.8 Å². The van der Waals surface area contributed by atoms with Crippen LogP contribution >= 0.6 is 0 Å². The molecule has 1 amide bonds. The number of amides is 1. The Balaban J connectivity index is 1.58. The van der Waals surface area contributed by atoms with Crippen LogP contribution in [0, 0.1) is 0 Å². The van der Waals surface area contributed by atoms with Gasteiger partial charge in [0.25, 0.3) is 0 Å². The van der Waals surface area contributed by atoms with Gasteiger partial charge in [-0.1, -0.05) is 12.5 Å². The molecular weight excluding hydrogens is 316 g/mol. The fraction of sp³-hybridized carbons (Fsp3) is 0.550. The maximum absolute atomic E-state index is 12.5. The third-order valence-electron chi connectivity index (χ3n) is 5.26. The number of methoxy groups -OCH3 is 2. The van der Waals surface area contributed by atoms with Gasteiger partial charge in [-0.05, 0) is 43.0 Å². The van der Waals surface area contributed by atoms with Gasteiger partial charge in [-0.3, -0.25) is 9.69 Å². The molecule has 1 aromatic carbocycles. The third kappa shape index (κ3) is 4.34. The van der Waals surface area contributed by atoms with E-state index in [0.29, 0.717) is 11.5 Å². The topological polar surface area (TPSA) is 42.0 Å². The highest BCUT2D eigenvalue weighted by atomic mass is 16.5. The molecule has 136 valence electrons. The molecule has 0 bridgehead atoms. The van der Waals surface area contributed by atoms with Crippen LogP contribution in [0.2, 0.25) is 0 Å². The molecule has 0 radical (unpaired) electrons. The number of ether oxygens (including phenoxy) is 2. The second kappa shape index (κ2) is 8.39. The predicted octanol–water partition coefficient (Wildman–Crippen LogP) is 2.80. The van der Waals surface area contributed by atoms with Crippen LogP contribution in [0.25, 0.3) is 6.08 Å². The van der Waals surface area contributed by atoms with Crippen molar-refractivity contribution in [2.75, 3.05) is 40.4 Å². The number of hydrogen-bond acceptors (Lipinski definition) is 4. The fourth-order valence-electron chi connectivity index (χ4n) is 3.50. The number of hydrogen-bond donors (Lipinski definition) is 0. The molecule has 5 nitrogen and oxygen atoms in total. The van der Waals surface area contributed by atoms with Gasteiger partial charge in [-0.15, -0.1) is 0 Å². The van der Waals surface area contributed by atoms with Crippen molar-refractivity contribution in [3.8, 4) is 11.5 Å². The molecule has 0 atom stereocenters. The van der Waals surface area contributed by atoms with Crippen molar-refractivity contribution < 1.29 is 14.3 Å². The molecule has 1 aliphatic heterocycles. The Hall–Kier alpha value is -2.01. The monoisotopic (exact) mass is 344 g/mol. The molecule has 3 rings (SSSR count). The van der Waals surface area contributed by atoms with E-state index in [1.807, 2.05) is 29.2 Å². The van der Waals surface area contributed by atoms with Crippen molar-refractivity contribution in [1.29, 1.82) is 0 Å². The van der Waals surface area contributed by atoms with Crippen LogP contribution in [0.15, 0.2) is 24.3 Å². The van der Waals surface area contributed by atoms with Gasteiger partial charge in [-0.2, -0.15) is 0 Å². The molecule has 2 aliphatic rings. The molecule has 1 saturated carbocycles. The average Bonchev–Trinajstić information content (AvgIpc) is 2.84. The Labute approximate surface area is 150 Å². The van der Waals surface area contributed by atoms with Crippen molar-refractivity contribution in [3.63, 3.8) is 0 Å². The van der Waals surface area contributed by atoms with E-state index < -0.39 is 0 Å².